The number of carbonyl (C=O) groups excluding carboxylic acids is 1. The number of hydrogen-bond acceptors (Lipinski definition) is 3. The van der Waals surface area contributed by atoms with Crippen LogP contribution < -0.4 is 5.32 Å². The van der Waals surface area contributed by atoms with Gasteiger partial charge in [0.15, 0.2) is 5.79 Å². The van der Waals surface area contributed by atoms with E-state index in [0.717, 1.165) is 25.9 Å². The molecule has 2 saturated heterocycles. The van der Waals surface area contributed by atoms with Crippen LogP contribution >= 0.6 is 0 Å². The number of likely N-dealkylation sites (tertiary alicyclic amines) is 1. The van der Waals surface area contributed by atoms with E-state index < -0.39 is 5.79 Å². The maximum absolute atomic E-state index is 12.5. The topological polar surface area (TPSA) is 50.8 Å². The summed E-state index contributed by atoms with van der Waals surface area (Å²) in [7, 11) is 0. The first kappa shape index (κ1) is 15.1. The monoisotopic (exact) mass is 296 g/mol. The molecule has 0 aromatic carbocycles. The molecule has 0 aromatic rings. The van der Waals surface area contributed by atoms with E-state index in [-0.39, 0.29) is 11.9 Å². The smallest absolute Gasteiger partial charge is 0.317 e. The Kier molecular flexibility index (Phi) is 4.41. The summed E-state index contributed by atoms with van der Waals surface area (Å²) in [5.41, 5.74) is 0. The average Bonchev–Trinajstić information content (AvgIpc) is 2.85. The van der Waals surface area contributed by atoms with Gasteiger partial charge in [0, 0.05) is 25.0 Å². The van der Waals surface area contributed by atoms with Crippen molar-refractivity contribution in [2.75, 3.05) is 26.3 Å². The Morgan fingerprint density at radius 1 is 1.24 bits per heavy atom. The lowest BCUT2D eigenvalue weighted by Gasteiger charge is -2.41. The second-order valence-electron chi connectivity index (χ2n) is 6.93. The van der Waals surface area contributed by atoms with Gasteiger partial charge in [-0.2, -0.15) is 0 Å². The number of urea groups is 1. The van der Waals surface area contributed by atoms with Crippen LogP contribution in [-0.4, -0.2) is 49.1 Å². The van der Waals surface area contributed by atoms with Gasteiger partial charge in [-0.3, -0.25) is 0 Å². The third-order valence-corrected chi connectivity index (χ3v) is 5.52. The van der Waals surface area contributed by atoms with Crippen LogP contribution in [0.5, 0.6) is 0 Å². The maximum Gasteiger partial charge on any atom is 0.317 e. The second kappa shape index (κ2) is 6.13. The molecule has 2 atom stereocenters. The van der Waals surface area contributed by atoms with Gasteiger partial charge in [-0.05, 0) is 45.4 Å². The minimum Gasteiger partial charge on any atom is -0.347 e. The first-order chi connectivity index (χ1) is 10.1. The Morgan fingerprint density at radius 3 is 2.57 bits per heavy atom. The first-order valence-corrected chi connectivity index (χ1v) is 8.42. The summed E-state index contributed by atoms with van der Waals surface area (Å²) in [5, 5.41) is 3.18. The lowest BCUT2D eigenvalue weighted by molar-refractivity contribution is -0.189. The molecule has 5 nitrogen and oxygen atoms in total. The quantitative estimate of drug-likeness (QED) is 0.870. The van der Waals surface area contributed by atoms with Gasteiger partial charge in [-0.1, -0.05) is 6.42 Å². The normalized spacial score (nSPS) is 30.8. The lowest BCUT2D eigenvalue weighted by Crippen LogP contribution is -2.53. The fourth-order valence-electron chi connectivity index (χ4n) is 3.70. The molecule has 0 unspecified atom stereocenters. The van der Waals surface area contributed by atoms with Gasteiger partial charge < -0.3 is 19.7 Å². The first-order valence-electron chi connectivity index (χ1n) is 8.42. The molecular weight excluding hydrogens is 268 g/mol. The molecule has 3 rings (SSSR count). The summed E-state index contributed by atoms with van der Waals surface area (Å²) < 4.78 is 11.5. The van der Waals surface area contributed by atoms with E-state index in [1.165, 1.54) is 19.3 Å². The maximum atomic E-state index is 12.5. The molecular formula is C16H28N2O3. The van der Waals surface area contributed by atoms with Crippen LogP contribution in [0.25, 0.3) is 0 Å². The molecule has 0 aromatic heterocycles. The van der Waals surface area contributed by atoms with Gasteiger partial charge in [-0.15, -0.1) is 0 Å². The second-order valence-corrected chi connectivity index (χ2v) is 6.93. The van der Waals surface area contributed by atoms with Crippen LogP contribution in [0.4, 0.5) is 4.79 Å². The van der Waals surface area contributed by atoms with Crippen molar-refractivity contribution in [1.29, 1.82) is 0 Å². The highest BCUT2D eigenvalue weighted by atomic mass is 16.7. The SMILES string of the molecule is C[C@@H](NC(=O)N1CCC[C@@H](C2(C)OCCO2)C1)C1CCC1. The van der Waals surface area contributed by atoms with Gasteiger partial charge in [0.05, 0.1) is 13.2 Å². The van der Waals surface area contributed by atoms with E-state index >= 15 is 0 Å². The van der Waals surface area contributed by atoms with E-state index in [1.807, 2.05) is 11.8 Å². The standard InChI is InChI=1S/C16H28N2O3/c1-12(13-5-3-6-13)17-15(19)18-8-4-7-14(11-18)16(2)20-9-10-21-16/h12-14H,3-11H2,1-2H3,(H,17,19)/t12-,14-/m1/s1. The molecule has 3 fully saturated rings. The summed E-state index contributed by atoms with van der Waals surface area (Å²) in [6.45, 7) is 7.06. The zero-order chi connectivity index (χ0) is 14.9. The molecule has 1 aliphatic carbocycles. The van der Waals surface area contributed by atoms with E-state index in [1.54, 1.807) is 0 Å². The van der Waals surface area contributed by atoms with Crippen molar-refractivity contribution >= 4 is 6.03 Å². The van der Waals surface area contributed by atoms with E-state index in [0.29, 0.717) is 25.2 Å². The predicted octanol–water partition coefficient (Wildman–Crippen LogP) is 2.36. The number of ether oxygens (including phenoxy) is 2. The minimum absolute atomic E-state index is 0.0840. The Labute approximate surface area is 127 Å². The van der Waals surface area contributed by atoms with E-state index in [4.69, 9.17) is 9.47 Å². The average molecular weight is 296 g/mol. The van der Waals surface area contributed by atoms with Crippen molar-refractivity contribution in [3.05, 3.63) is 0 Å². The van der Waals surface area contributed by atoms with Gasteiger partial charge in [0.1, 0.15) is 0 Å². The molecule has 0 spiro atoms. The lowest BCUT2D eigenvalue weighted by atomic mass is 9.80. The molecule has 0 radical (unpaired) electrons. The highest BCUT2D eigenvalue weighted by Gasteiger charge is 2.42. The van der Waals surface area contributed by atoms with E-state index in [9.17, 15) is 4.79 Å². The number of nitrogens with one attached hydrogen (secondary N) is 1. The van der Waals surface area contributed by atoms with Crippen molar-refractivity contribution in [1.82, 2.24) is 10.2 Å². The molecule has 0 bridgehead atoms. The molecule has 2 heterocycles. The number of rotatable bonds is 3. The molecule has 1 N–H and O–H groups in total. The number of hydrogen-bond donors (Lipinski definition) is 1. The Hall–Kier alpha value is -0.810. The fraction of sp³-hybridized carbons (Fsp3) is 0.938. The van der Waals surface area contributed by atoms with Crippen molar-refractivity contribution in [2.45, 2.75) is 57.8 Å². The van der Waals surface area contributed by atoms with Crippen molar-refractivity contribution < 1.29 is 14.3 Å². The van der Waals surface area contributed by atoms with Crippen LogP contribution in [0.2, 0.25) is 0 Å². The van der Waals surface area contributed by atoms with Crippen molar-refractivity contribution in [3.63, 3.8) is 0 Å². The fourth-order valence-corrected chi connectivity index (χ4v) is 3.70. The molecule has 5 heteroatoms. The molecule has 2 amide bonds. The Morgan fingerprint density at radius 2 is 1.95 bits per heavy atom. The third kappa shape index (κ3) is 3.19. The number of nitrogens with zero attached hydrogens (tertiary/aromatic N) is 1. The summed E-state index contributed by atoms with van der Waals surface area (Å²) in [5.74, 6) is 0.450. The Balaban J connectivity index is 1.53. The van der Waals surface area contributed by atoms with Crippen LogP contribution in [0.1, 0.15) is 46.0 Å². The predicted molar refractivity (Wildman–Crippen MR) is 79.9 cm³/mol. The van der Waals surface area contributed by atoms with Gasteiger partial charge in [0.2, 0.25) is 0 Å². The van der Waals surface area contributed by atoms with Gasteiger partial charge in [0.25, 0.3) is 0 Å². The van der Waals surface area contributed by atoms with E-state index in [2.05, 4.69) is 12.2 Å². The van der Waals surface area contributed by atoms with Crippen LogP contribution in [0, 0.1) is 11.8 Å². The third-order valence-electron chi connectivity index (χ3n) is 5.52. The number of amides is 2. The molecule has 120 valence electrons. The molecule has 1 saturated carbocycles. The van der Waals surface area contributed by atoms with Crippen LogP contribution in [-0.2, 0) is 9.47 Å². The molecule has 2 aliphatic heterocycles. The molecule has 21 heavy (non-hydrogen) atoms. The van der Waals surface area contributed by atoms with Gasteiger partial charge in [-0.25, -0.2) is 4.79 Å². The van der Waals surface area contributed by atoms with Crippen molar-refractivity contribution in [3.8, 4) is 0 Å². The summed E-state index contributed by atoms with van der Waals surface area (Å²) >= 11 is 0. The summed E-state index contributed by atoms with van der Waals surface area (Å²) in [6, 6.07) is 0.377. The van der Waals surface area contributed by atoms with Gasteiger partial charge >= 0.3 is 6.03 Å². The largest absolute Gasteiger partial charge is 0.347 e. The molecule has 3 aliphatic rings. The Bertz CT molecular complexity index is 378. The summed E-state index contributed by atoms with van der Waals surface area (Å²) in [6.07, 6.45) is 5.91. The number of piperidine rings is 1. The minimum atomic E-state index is -0.501. The summed E-state index contributed by atoms with van der Waals surface area (Å²) in [4.78, 5) is 14.4. The van der Waals surface area contributed by atoms with Crippen LogP contribution in [0.3, 0.4) is 0 Å². The van der Waals surface area contributed by atoms with Crippen LogP contribution in [0.15, 0.2) is 0 Å². The number of carbonyl (C=O) groups is 1. The zero-order valence-electron chi connectivity index (χ0n) is 13.3. The highest BCUT2D eigenvalue weighted by Crippen LogP contribution is 2.34. The zero-order valence-corrected chi connectivity index (χ0v) is 13.3. The highest BCUT2D eigenvalue weighted by molar-refractivity contribution is 5.74. The van der Waals surface area contributed by atoms with Crippen molar-refractivity contribution in [2.24, 2.45) is 11.8 Å².